The van der Waals surface area contributed by atoms with Crippen molar-refractivity contribution in [2.75, 3.05) is 6.54 Å². The predicted molar refractivity (Wildman–Crippen MR) is 62.7 cm³/mol. The van der Waals surface area contributed by atoms with Crippen molar-refractivity contribution in [1.29, 1.82) is 0 Å². The third kappa shape index (κ3) is 3.24. The lowest BCUT2D eigenvalue weighted by molar-refractivity contribution is 0.556. The Kier molecular flexibility index (Phi) is 4.29. The molecule has 78 valence electrons. The molecule has 14 heavy (non-hydrogen) atoms. The maximum Gasteiger partial charge on any atom is 0.0897 e. The molecular weight excluding hydrogens is 192 g/mol. The summed E-state index contributed by atoms with van der Waals surface area (Å²) < 4.78 is 0. The van der Waals surface area contributed by atoms with Crippen LogP contribution in [0.5, 0.6) is 0 Å². The molecule has 1 aromatic rings. The molecule has 0 bridgehead atoms. The molecule has 0 aliphatic rings. The molecule has 3 heteroatoms. The number of hydrogen-bond donors (Lipinski definition) is 1. The van der Waals surface area contributed by atoms with E-state index in [2.05, 4.69) is 30.7 Å². The number of aromatic nitrogens is 1. The summed E-state index contributed by atoms with van der Waals surface area (Å²) in [6.07, 6.45) is 2.96. The molecule has 1 atom stereocenters. The second-order valence-electron chi connectivity index (χ2n) is 3.55. The Morgan fingerprint density at radius 2 is 2.43 bits per heavy atom. The highest BCUT2D eigenvalue weighted by Crippen LogP contribution is 2.25. The molecule has 0 spiro atoms. The average molecular weight is 210 g/mol. The van der Waals surface area contributed by atoms with Crippen LogP contribution in [0.4, 0.5) is 0 Å². The van der Waals surface area contributed by atoms with Gasteiger partial charge in [-0.2, -0.15) is 0 Å². The Labute approximate surface area is 90.1 Å². The molecule has 0 aromatic carbocycles. The van der Waals surface area contributed by atoms with Crippen molar-refractivity contribution in [3.8, 4) is 0 Å². The van der Waals surface area contributed by atoms with Gasteiger partial charge in [0.15, 0.2) is 0 Å². The Bertz CT molecular complexity index is 304. The third-order valence-electron chi connectivity index (χ3n) is 1.99. The Hall–Kier alpha value is -0.670. The van der Waals surface area contributed by atoms with Crippen LogP contribution in [0.3, 0.4) is 0 Å². The van der Waals surface area contributed by atoms with Crippen LogP contribution in [0, 0.1) is 6.92 Å². The van der Waals surface area contributed by atoms with E-state index in [1.54, 1.807) is 11.3 Å². The number of thiazole rings is 1. The van der Waals surface area contributed by atoms with Crippen LogP contribution in [0.25, 0.3) is 0 Å². The van der Waals surface area contributed by atoms with Gasteiger partial charge in [-0.3, -0.25) is 0 Å². The van der Waals surface area contributed by atoms with Gasteiger partial charge >= 0.3 is 0 Å². The van der Waals surface area contributed by atoms with E-state index in [4.69, 9.17) is 0 Å². The van der Waals surface area contributed by atoms with Gasteiger partial charge < -0.3 is 5.32 Å². The van der Waals surface area contributed by atoms with Gasteiger partial charge in [0.1, 0.15) is 0 Å². The highest BCUT2D eigenvalue weighted by atomic mass is 32.1. The van der Waals surface area contributed by atoms with Crippen LogP contribution >= 0.6 is 11.3 Å². The number of hydrogen-bond acceptors (Lipinski definition) is 3. The molecule has 1 N–H and O–H groups in total. The van der Waals surface area contributed by atoms with Gasteiger partial charge in [-0.25, -0.2) is 4.98 Å². The largest absolute Gasteiger partial charge is 0.309 e. The molecule has 2 nitrogen and oxygen atoms in total. The van der Waals surface area contributed by atoms with Crippen LogP contribution in [0.2, 0.25) is 0 Å². The Balaban J connectivity index is 2.71. The predicted octanol–water partition coefficient (Wildman–Crippen LogP) is 3.07. The van der Waals surface area contributed by atoms with E-state index in [-0.39, 0.29) is 0 Å². The van der Waals surface area contributed by atoms with E-state index in [0.29, 0.717) is 6.04 Å². The van der Waals surface area contributed by atoms with Crippen molar-refractivity contribution in [3.05, 3.63) is 28.2 Å². The zero-order chi connectivity index (χ0) is 10.6. The number of nitrogens with zero attached hydrogens (tertiary/aromatic N) is 1. The highest BCUT2D eigenvalue weighted by molar-refractivity contribution is 7.11. The minimum Gasteiger partial charge on any atom is -0.309 e. The summed E-state index contributed by atoms with van der Waals surface area (Å²) in [6.45, 7) is 11.2. The van der Waals surface area contributed by atoms with Gasteiger partial charge in [0, 0.05) is 17.1 Å². The SMILES string of the molecule is C=C(C)CC(NCC)c1cnc(C)s1. The zero-order valence-corrected chi connectivity index (χ0v) is 9.95. The van der Waals surface area contributed by atoms with Gasteiger partial charge in [-0.05, 0) is 26.8 Å². The number of rotatable bonds is 5. The molecule has 1 heterocycles. The maximum absolute atomic E-state index is 4.28. The second kappa shape index (κ2) is 5.27. The third-order valence-corrected chi connectivity index (χ3v) is 3.01. The van der Waals surface area contributed by atoms with Crippen LogP contribution in [0.1, 0.15) is 36.2 Å². The fraction of sp³-hybridized carbons (Fsp3) is 0.545. The van der Waals surface area contributed by atoms with E-state index in [1.807, 2.05) is 13.1 Å². The summed E-state index contributed by atoms with van der Waals surface area (Å²) in [4.78, 5) is 5.59. The summed E-state index contributed by atoms with van der Waals surface area (Å²) in [6, 6.07) is 0.392. The normalized spacial score (nSPS) is 12.8. The van der Waals surface area contributed by atoms with Crippen molar-refractivity contribution in [2.45, 2.75) is 33.2 Å². The first-order valence-electron chi connectivity index (χ1n) is 4.93. The van der Waals surface area contributed by atoms with E-state index in [0.717, 1.165) is 18.0 Å². The van der Waals surface area contributed by atoms with Crippen molar-refractivity contribution in [1.82, 2.24) is 10.3 Å². The van der Waals surface area contributed by atoms with Crippen LogP contribution in [-0.2, 0) is 0 Å². The first kappa shape index (κ1) is 11.4. The summed E-state index contributed by atoms with van der Waals surface area (Å²) in [5.74, 6) is 0. The minimum absolute atomic E-state index is 0.392. The quantitative estimate of drug-likeness (QED) is 0.755. The zero-order valence-electron chi connectivity index (χ0n) is 9.13. The van der Waals surface area contributed by atoms with Crippen molar-refractivity contribution in [3.63, 3.8) is 0 Å². The molecule has 1 aromatic heterocycles. The van der Waals surface area contributed by atoms with E-state index in [1.165, 1.54) is 10.5 Å². The fourth-order valence-corrected chi connectivity index (χ4v) is 2.27. The molecule has 1 rings (SSSR count). The van der Waals surface area contributed by atoms with Gasteiger partial charge in [0.25, 0.3) is 0 Å². The van der Waals surface area contributed by atoms with Crippen molar-refractivity contribution >= 4 is 11.3 Å². The summed E-state index contributed by atoms with van der Waals surface area (Å²) in [5.41, 5.74) is 1.21. The van der Waals surface area contributed by atoms with Gasteiger partial charge in [-0.1, -0.05) is 12.5 Å². The van der Waals surface area contributed by atoms with Crippen LogP contribution < -0.4 is 5.32 Å². The summed E-state index contributed by atoms with van der Waals surface area (Å²) in [7, 11) is 0. The van der Waals surface area contributed by atoms with Crippen molar-refractivity contribution in [2.24, 2.45) is 0 Å². The monoisotopic (exact) mass is 210 g/mol. The van der Waals surface area contributed by atoms with E-state index in [9.17, 15) is 0 Å². The topological polar surface area (TPSA) is 24.9 Å². The fourth-order valence-electron chi connectivity index (χ4n) is 1.41. The molecule has 0 amide bonds. The minimum atomic E-state index is 0.392. The number of nitrogens with one attached hydrogen (secondary N) is 1. The summed E-state index contributed by atoms with van der Waals surface area (Å²) >= 11 is 1.76. The smallest absolute Gasteiger partial charge is 0.0897 e. The Morgan fingerprint density at radius 1 is 1.71 bits per heavy atom. The molecule has 0 radical (unpaired) electrons. The molecule has 0 saturated heterocycles. The van der Waals surface area contributed by atoms with Gasteiger partial charge in [0.2, 0.25) is 0 Å². The molecule has 0 aliphatic heterocycles. The van der Waals surface area contributed by atoms with Crippen LogP contribution in [0.15, 0.2) is 18.3 Å². The van der Waals surface area contributed by atoms with Gasteiger partial charge in [0.05, 0.1) is 5.01 Å². The van der Waals surface area contributed by atoms with E-state index >= 15 is 0 Å². The maximum atomic E-state index is 4.28. The Morgan fingerprint density at radius 3 is 2.86 bits per heavy atom. The highest BCUT2D eigenvalue weighted by Gasteiger charge is 2.12. The molecule has 1 unspecified atom stereocenters. The first-order valence-corrected chi connectivity index (χ1v) is 5.75. The standard InChI is InChI=1S/C11H18N2S/c1-5-12-10(6-8(2)3)11-7-13-9(4)14-11/h7,10,12H,2,5-6H2,1,3-4H3. The van der Waals surface area contributed by atoms with Crippen molar-refractivity contribution < 1.29 is 0 Å². The van der Waals surface area contributed by atoms with E-state index < -0.39 is 0 Å². The lowest BCUT2D eigenvalue weighted by atomic mass is 10.1. The van der Waals surface area contributed by atoms with Gasteiger partial charge in [-0.15, -0.1) is 17.9 Å². The molecule has 0 aliphatic carbocycles. The van der Waals surface area contributed by atoms with Crippen LogP contribution in [-0.4, -0.2) is 11.5 Å². The summed E-state index contributed by atoms with van der Waals surface area (Å²) in [5, 5.41) is 4.58. The molecule has 0 saturated carbocycles. The second-order valence-corrected chi connectivity index (χ2v) is 4.82. The lowest BCUT2D eigenvalue weighted by Gasteiger charge is -2.15. The molecular formula is C11H18N2S. The first-order chi connectivity index (χ1) is 6.63. The lowest BCUT2D eigenvalue weighted by Crippen LogP contribution is -2.20. The average Bonchev–Trinajstić information content (AvgIpc) is 2.50. The molecule has 0 fully saturated rings. The number of aryl methyl sites for hydroxylation is 1.